The van der Waals surface area contributed by atoms with Crippen LogP contribution < -0.4 is 9.47 Å². The normalized spacial score (nSPS) is 16.4. The fraction of sp³-hybridized carbons (Fsp3) is 0.457. The minimum absolute atomic E-state index is 0.0827. The zero-order valence-corrected chi connectivity index (χ0v) is 27.5. The molecule has 2 aliphatic heterocycles. The molecule has 3 aromatic rings. The average Bonchev–Trinajstić information content (AvgIpc) is 3.29. The minimum atomic E-state index is -0.626. The van der Waals surface area contributed by atoms with Crippen molar-refractivity contribution in [2.45, 2.75) is 52.7 Å². The molecule has 0 bridgehead atoms. The summed E-state index contributed by atoms with van der Waals surface area (Å²) in [5, 5.41) is 4.90. The molecule has 10 nitrogen and oxygen atoms in total. The van der Waals surface area contributed by atoms with Crippen LogP contribution in [-0.2, 0) is 26.2 Å². The predicted octanol–water partition coefficient (Wildman–Crippen LogP) is 4.82. The number of carbonyl (C=O) groups is 2. The number of nitrogens with zero attached hydrogens (tertiary/aromatic N) is 4. The summed E-state index contributed by atoms with van der Waals surface area (Å²) in [5.74, 6) is -0.819. The number of halogens is 1. The zero-order valence-electron chi connectivity index (χ0n) is 27.5. The molecule has 2 aliphatic rings. The Bertz CT molecular complexity index is 1590. The lowest BCUT2D eigenvalue weighted by molar-refractivity contribution is -0.140. The standard InChI is InChI=1S/C35H43FN4O6/c1-23(2)46-34(42)28-21-39(33(41)26-9-12-30(29(36)19-26)45-18-15-38-13-16-44-17-14-38)22-35(4,5)31-24(3)40(37-32(28)31)20-25-7-10-27(43-6)11-8-25/h7-12,19,21,23H,13-18,20,22H2,1-6H3. The fourth-order valence-corrected chi connectivity index (χ4v) is 5.95. The maximum absolute atomic E-state index is 15.2. The number of carbonyl (C=O) groups excluding carboxylic acids is 2. The van der Waals surface area contributed by atoms with Crippen molar-refractivity contribution in [1.29, 1.82) is 0 Å². The second-order valence-corrected chi connectivity index (χ2v) is 12.6. The number of hydrogen-bond acceptors (Lipinski definition) is 8. The van der Waals surface area contributed by atoms with Crippen molar-refractivity contribution >= 4 is 17.4 Å². The predicted molar refractivity (Wildman–Crippen MR) is 171 cm³/mol. The van der Waals surface area contributed by atoms with Crippen molar-refractivity contribution in [1.82, 2.24) is 19.6 Å². The SMILES string of the molecule is COc1ccc(Cn2nc3c(c2C)C(C)(C)CN(C(=O)c2ccc(OCCN4CCOCC4)c(F)c2)C=C3C(=O)OC(C)C)cc1. The highest BCUT2D eigenvalue weighted by Crippen LogP contribution is 2.38. The van der Waals surface area contributed by atoms with E-state index in [1.165, 1.54) is 23.2 Å². The summed E-state index contributed by atoms with van der Waals surface area (Å²) in [5.41, 5.74) is 2.89. The molecule has 0 spiro atoms. The minimum Gasteiger partial charge on any atom is -0.497 e. The molecule has 0 saturated carbocycles. The first-order valence-electron chi connectivity index (χ1n) is 15.6. The van der Waals surface area contributed by atoms with Gasteiger partial charge in [0.15, 0.2) is 11.6 Å². The van der Waals surface area contributed by atoms with Gasteiger partial charge in [-0.2, -0.15) is 5.10 Å². The number of rotatable bonds is 10. The number of hydrogen-bond donors (Lipinski definition) is 0. The van der Waals surface area contributed by atoms with Gasteiger partial charge in [0.1, 0.15) is 23.6 Å². The average molecular weight is 635 g/mol. The van der Waals surface area contributed by atoms with Gasteiger partial charge in [-0.25, -0.2) is 9.18 Å². The Hall–Kier alpha value is -4.22. The largest absolute Gasteiger partial charge is 0.497 e. The molecule has 3 heterocycles. The Morgan fingerprint density at radius 1 is 1.09 bits per heavy atom. The van der Waals surface area contributed by atoms with Crippen LogP contribution in [0.25, 0.3) is 5.57 Å². The van der Waals surface area contributed by atoms with Gasteiger partial charge in [-0.1, -0.05) is 26.0 Å². The third-order valence-corrected chi connectivity index (χ3v) is 8.25. The van der Waals surface area contributed by atoms with Crippen LogP contribution in [0, 0.1) is 12.7 Å². The van der Waals surface area contributed by atoms with E-state index in [0.717, 1.165) is 35.7 Å². The molecular formula is C35H43FN4O6. The summed E-state index contributed by atoms with van der Waals surface area (Å²) in [6.07, 6.45) is 1.11. The monoisotopic (exact) mass is 634 g/mol. The van der Waals surface area contributed by atoms with Crippen molar-refractivity contribution < 1.29 is 32.9 Å². The van der Waals surface area contributed by atoms with Crippen LogP contribution in [0.4, 0.5) is 4.39 Å². The summed E-state index contributed by atoms with van der Waals surface area (Å²) < 4.78 is 39.0. The summed E-state index contributed by atoms with van der Waals surface area (Å²) in [4.78, 5) is 31.1. The van der Waals surface area contributed by atoms with Crippen molar-refractivity contribution in [3.05, 3.63) is 82.6 Å². The molecule has 1 amide bonds. The topological polar surface area (TPSA) is 95.4 Å². The van der Waals surface area contributed by atoms with Crippen LogP contribution in [0.2, 0.25) is 0 Å². The van der Waals surface area contributed by atoms with E-state index in [4.69, 9.17) is 24.0 Å². The molecule has 0 radical (unpaired) electrons. The van der Waals surface area contributed by atoms with Gasteiger partial charge in [-0.15, -0.1) is 0 Å². The molecule has 1 fully saturated rings. The van der Waals surface area contributed by atoms with E-state index in [9.17, 15) is 9.59 Å². The molecule has 0 unspecified atom stereocenters. The Morgan fingerprint density at radius 3 is 2.46 bits per heavy atom. The lowest BCUT2D eigenvalue weighted by atomic mass is 9.82. The second-order valence-electron chi connectivity index (χ2n) is 12.6. The third-order valence-electron chi connectivity index (χ3n) is 8.25. The maximum Gasteiger partial charge on any atom is 0.342 e. The third kappa shape index (κ3) is 7.42. The number of esters is 1. The summed E-state index contributed by atoms with van der Waals surface area (Å²) in [6, 6.07) is 11.9. The summed E-state index contributed by atoms with van der Waals surface area (Å²) >= 11 is 0. The highest BCUT2D eigenvalue weighted by atomic mass is 19.1. The Morgan fingerprint density at radius 2 is 1.80 bits per heavy atom. The number of morpholine rings is 1. The van der Waals surface area contributed by atoms with Gasteiger partial charge in [0, 0.05) is 54.6 Å². The molecule has 0 N–H and O–H groups in total. The van der Waals surface area contributed by atoms with Crippen LogP contribution in [0.1, 0.15) is 60.6 Å². The molecular weight excluding hydrogens is 591 g/mol. The van der Waals surface area contributed by atoms with Gasteiger partial charge in [0.05, 0.1) is 33.0 Å². The van der Waals surface area contributed by atoms with Gasteiger partial charge in [0.25, 0.3) is 5.91 Å². The molecule has 0 aliphatic carbocycles. The van der Waals surface area contributed by atoms with Gasteiger partial charge < -0.3 is 23.8 Å². The molecule has 1 saturated heterocycles. The zero-order chi connectivity index (χ0) is 33.0. The maximum atomic E-state index is 15.2. The first-order valence-corrected chi connectivity index (χ1v) is 15.6. The molecule has 0 atom stereocenters. The van der Waals surface area contributed by atoms with E-state index < -0.39 is 23.1 Å². The number of aromatic nitrogens is 2. The van der Waals surface area contributed by atoms with Gasteiger partial charge >= 0.3 is 5.97 Å². The fourth-order valence-electron chi connectivity index (χ4n) is 5.95. The van der Waals surface area contributed by atoms with Crippen molar-refractivity contribution in [2.24, 2.45) is 0 Å². The van der Waals surface area contributed by atoms with E-state index >= 15 is 4.39 Å². The number of methoxy groups -OCH3 is 1. The Balaban J connectivity index is 1.42. The smallest absolute Gasteiger partial charge is 0.342 e. The Labute approximate surface area is 269 Å². The van der Waals surface area contributed by atoms with Gasteiger partial charge in [-0.3, -0.25) is 14.4 Å². The molecule has 2 aromatic carbocycles. The molecule has 11 heteroatoms. The molecule has 5 rings (SSSR count). The highest BCUT2D eigenvalue weighted by Gasteiger charge is 2.39. The van der Waals surface area contributed by atoms with E-state index in [-0.39, 0.29) is 29.5 Å². The molecule has 1 aromatic heterocycles. The number of ether oxygens (including phenoxy) is 4. The van der Waals surface area contributed by atoms with Gasteiger partial charge in [0.2, 0.25) is 0 Å². The van der Waals surface area contributed by atoms with E-state index in [2.05, 4.69) is 4.90 Å². The van der Waals surface area contributed by atoms with Crippen LogP contribution in [0.15, 0.2) is 48.7 Å². The van der Waals surface area contributed by atoms with Gasteiger partial charge in [-0.05, 0) is 56.7 Å². The number of fused-ring (bicyclic) bond motifs is 1. The summed E-state index contributed by atoms with van der Waals surface area (Å²) in [6.45, 7) is 14.2. The van der Waals surface area contributed by atoms with Crippen molar-refractivity contribution in [3.8, 4) is 11.5 Å². The van der Waals surface area contributed by atoms with E-state index in [1.54, 1.807) is 27.0 Å². The second kappa shape index (κ2) is 14.0. The lowest BCUT2D eigenvalue weighted by Gasteiger charge is -2.30. The summed E-state index contributed by atoms with van der Waals surface area (Å²) in [7, 11) is 1.62. The van der Waals surface area contributed by atoms with Crippen LogP contribution >= 0.6 is 0 Å². The Kier molecular flexibility index (Phi) is 10.1. The van der Waals surface area contributed by atoms with Crippen LogP contribution in [-0.4, -0.2) is 90.7 Å². The van der Waals surface area contributed by atoms with Crippen LogP contribution in [0.5, 0.6) is 11.5 Å². The first-order chi connectivity index (χ1) is 22.0. The quantitative estimate of drug-likeness (QED) is 0.293. The van der Waals surface area contributed by atoms with Crippen molar-refractivity contribution in [2.75, 3.05) is 53.1 Å². The first kappa shape index (κ1) is 33.2. The van der Waals surface area contributed by atoms with Crippen molar-refractivity contribution in [3.63, 3.8) is 0 Å². The molecule has 46 heavy (non-hydrogen) atoms. The highest BCUT2D eigenvalue weighted by molar-refractivity contribution is 6.17. The lowest BCUT2D eigenvalue weighted by Crippen LogP contribution is -2.38. The van der Waals surface area contributed by atoms with Crippen LogP contribution in [0.3, 0.4) is 0 Å². The number of benzene rings is 2. The molecule has 246 valence electrons. The number of amides is 1. The van der Waals surface area contributed by atoms with E-state index in [0.29, 0.717) is 38.6 Å². The van der Waals surface area contributed by atoms with E-state index in [1.807, 2.05) is 49.7 Å².